The fraction of sp³-hybridized carbons (Fsp3) is 0.263. The maximum Gasteiger partial charge on any atom is 0.267 e. The molecule has 0 saturated heterocycles. The number of hydrogen-bond acceptors (Lipinski definition) is 4. The molecule has 0 aliphatic carbocycles. The van der Waals surface area contributed by atoms with Crippen LogP contribution in [0.3, 0.4) is 0 Å². The van der Waals surface area contributed by atoms with Gasteiger partial charge < -0.3 is 20.1 Å². The predicted octanol–water partition coefficient (Wildman–Crippen LogP) is 3.34. The molecule has 6 nitrogen and oxygen atoms in total. The van der Waals surface area contributed by atoms with Gasteiger partial charge in [0.1, 0.15) is 17.3 Å². The first-order valence-electron chi connectivity index (χ1n) is 8.12. The summed E-state index contributed by atoms with van der Waals surface area (Å²) in [5.41, 5.74) is -0.215. The van der Waals surface area contributed by atoms with Gasteiger partial charge in [-0.25, -0.2) is 4.39 Å². The zero-order valence-corrected chi connectivity index (χ0v) is 14.6. The van der Waals surface area contributed by atoms with E-state index < -0.39 is 17.6 Å². The number of ether oxygens (including phenoxy) is 2. The summed E-state index contributed by atoms with van der Waals surface area (Å²) in [4.78, 5) is 24.3. The lowest BCUT2D eigenvalue weighted by Gasteiger charge is -2.26. The Kier molecular flexibility index (Phi) is 4.54. The summed E-state index contributed by atoms with van der Waals surface area (Å²) in [6.07, 6.45) is -0.564. The maximum absolute atomic E-state index is 13.0. The summed E-state index contributed by atoms with van der Waals surface area (Å²) in [7, 11) is 0. The number of carbonyl (C=O) groups is 2. The molecule has 0 aromatic heterocycles. The summed E-state index contributed by atoms with van der Waals surface area (Å²) in [5.74, 6) is -0.102. The molecule has 0 bridgehead atoms. The van der Waals surface area contributed by atoms with Crippen LogP contribution < -0.4 is 20.1 Å². The smallest absolute Gasteiger partial charge is 0.267 e. The molecule has 1 aliphatic heterocycles. The lowest BCUT2D eigenvalue weighted by molar-refractivity contribution is -0.128. The molecule has 26 heavy (non-hydrogen) atoms. The number of nitrogens with one attached hydrogen (secondary N) is 2. The SMILES string of the molecule is CC1Oc2ccc(NC(=O)C(C)(C)Oc3ccc(F)cc3)cc2NC1=O. The van der Waals surface area contributed by atoms with Gasteiger partial charge in [0.25, 0.3) is 11.8 Å². The number of carbonyl (C=O) groups excluding carboxylic acids is 2. The van der Waals surface area contributed by atoms with E-state index in [9.17, 15) is 14.0 Å². The highest BCUT2D eigenvalue weighted by atomic mass is 19.1. The molecule has 1 heterocycles. The number of hydrogen-bond donors (Lipinski definition) is 2. The molecule has 3 rings (SSSR count). The Hall–Kier alpha value is -3.09. The van der Waals surface area contributed by atoms with Crippen LogP contribution in [-0.4, -0.2) is 23.5 Å². The van der Waals surface area contributed by atoms with E-state index in [1.54, 1.807) is 39.0 Å². The summed E-state index contributed by atoms with van der Waals surface area (Å²) in [6.45, 7) is 4.87. The summed E-state index contributed by atoms with van der Waals surface area (Å²) in [5, 5.41) is 5.47. The maximum atomic E-state index is 13.0. The van der Waals surface area contributed by atoms with Gasteiger partial charge in [-0.1, -0.05) is 0 Å². The van der Waals surface area contributed by atoms with Crippen molar-refractivity contribution in [1.29, 1.82) is 0 Å². The Morgan fingerprint density at radius 2 is 1.92 bits per heavy atom. The zero-order chi connectivity index (χ0) is 18.9. The van der Waals surface area contributed by atoms with Crippen LogP contribution in [-0.2, 0) is 9.59 Å². The van der Waals surface area contributed by atoms with Crippen molar-refractivity contribution >= 4 is 23.2 Å². The van der Waals surface area contributed by atoms with Crippen LogP contribution in [0, 0.1) is 5.82 Å². The standard InChI is InChI=1S/C19H19FN2O4/c1-11-17(23)22-15-10-13(6-9-16(15)25-11)21-18(24)19(2,3)26-14-7-4-12(20)5-8-14/h4-11H,1-3H3,(H,21,24)(H,22,23). The van der Waals surface area contributed by atoms with Gasteiger partial charge in [0.15, 0.2) is 11.7 Å². The van der Waals surface area contributed by atoms with Crippen LogP contribution in [0.15, 0.2) is 42.5 Å². The quantitative estimate of drug-likeness (QED) is 0.879. The minimum absolute atomic E-state index is 0.249. The first-order valence-corrected chi connectivity index (χ1v) is 8.12. The van der Waals surface area contributed by atoms with E-state index in [2.05, 4.69) is 10.6 Å². The fourth-order valence-electron chi connectivity index (χ4n) is 2.41. The second kappa shape index (κ2) is 6.67. The van der Waals surface area contributed by atoms with E-state index in [1.165, 1.54) is 24.3 Å². The van der Waals surface area contributed by atoms with Gasteiger partial charge in [0.05, 0.1) is 5.69 Å². The minimum Gasteiger partial charge on any atom is -0.479 e. The van der Waals surface area contributed by atoms with E-state index in [1.807, 2.05) is 0 Å². The van der Waals surface area contributed by atoms with Crippen molar-refractivity contribution < 1.29 is 23.5 Å². The third kappa shape index (κ3) is 3.77. The largest absolute Gasteiger partial charge is 0.479 e. The van der Waals surface area contributed by atoms with Crippen molar-refractivity contribution in [3.05, 3.63) is 48.3 Å². The molecule has 0 spiro atoms. The monoisotopic (exact) mass is 358 g/mol. The molecular formula is C19H19FN2O4. The van der Waals surface area contributed by atoms with E-state index >= 15 is 0 Å². The molecule has 136 valence electrons. The van der Waals surface area contributed by atoms with Crippen molar-refractivity contribution in [2.45, 2.75) is 32.5 Å². The molecule has 0 radical (unpaired) electrons. The predicted molar refractivity (Wildman–Crippen MR) is 94.9 cm³/mol. The molecule has 2 N–H and O–H groups in total. The molecule has 1 aliphatic rings. The van der Waals surface area contributed by atoms with Gasteiger partial charge in [0, 0.05) is 5.69 Å². The van der Waals surface area contributed by atoms with E-state index in [4.69, 9.17) is 9.47 Å². The molecule has 2 aromatic carbocycles. The van der Waals surface area contributed by atoms with Crippen molar-refractivity contribution in [3.63, 3.8) is 0 Å². The Labute approximate surface area is 150 Å². The number of fused-ring (bicyclic) bond motifs is 1. The second-order valence-electron chi connectivity index (χ2n) is 6.48. The third-order valence-electron chi connectivity index (χ3n) is 3.90. The number of amides is 2. The highest BCUT2D eigenvalue weighted by Gasteiger charge is 2.31. The van der Waals surface area contributed by atoms with E-state index in [0.29, 0.717) is 22.9 Å². The van der Waals surface area contributed by atoms with Crippen molar-refractivity contribution in [2.24, 2.45) is 0 Å². The van der Waals surface area contributed by atoms with Gasteiger partial charge in [0.2, 0.25) is 0 Å². The van der Waals surface area contributed by atoms with Crippen LogP contribution in [0.4, 0.5) is 15.8 Å². The van der Waals surface area contributed by atoms with Crippen molar-refractivity contribution in [3.8, 4) is 11.5 Å². The van der Waals surface area contributed by atoms with Crippen LogP contribution >= 0.6 is 0 Å². The number of benzene rings is 2. The van der Waals surface area contributed by atoms with Crippen LogP contribution in [0.5, 0.6) is 11.5 Å². The van der Waals surface area contributed by atoms with Gasteiger partial charge >= 0.3 is 0 Å². The van der Waals surface area contributed by atoms with E-state index in [-0.39, 0.29) is 11.7 Å². The molecule has 1 atom stereocenters. The van der Waals surface area contributed by atoms with Crippen LogP contribution in [0.25, 0.3) is 0 Å². The molecule has 1 unspecified atom stereocenters. The Bertz CT molecular complexity index is 849. The summed E-state index contributed by atoms with van der Waals surface area (Å²) in [6, 6.07) is 10.4. The first kappa shape index (κ1) is 17.7. The highest BCUT2D eigenvalue weighted by molar-refractivity contribution is 6.00. The van der Waals surface area contributed by atoms with Crippen LogP contribution in [0.2, 0.25) is 0 Å². The van der Waals surface area contributed by atoms with E-state index in [0.717, 1.165) is 0 Å². The normalized spacial score (nSPS) is 16.2. The zero-order valence-electron chi connectivity index (χ0n) is 14.6. The Morgan fingerprint density at radius 3 is 2.62 bits per heavy atom. The topological polar surface area (TPSA) is 76.7 Å². The second-order valence-corrected chi connectivity index (χ2v) is 6.48. The van der Waals surface area contributed by atoms with Crippen molar-refractivity contribution in [2.75, 3.05) is 10.6 Å². The highest BCUT2D eigenvalue weighted by Crippen LogP contribution is 2.32. The fourth-order valence-corrected chi connectivity index (χ4v) is 2.41. The Morgan fingerprint density at radius 1 is 1.23 bits per heavy atom. The number of anilines is 2. The van der Waals surface area contributed by atoms with Gasteiger partial charge in [-0.2, -0.15) is 0 Å². The number of halogens is 1. The third-order valence-corrected chi connectivity index (χ3v) is 3.90. The number of rotatable bonds is 4. The van der Waals surface area contributed by atoms with Gasteiger partial charge in [-0.05, 0) is 63.2 Å². The Balaban J connectivity index is 1.71. The molecular weight excluding hydrogens is 339 g/mol. The average Bonchev–Trinajstić information content (AvgIpc) is 2.58. The molecule has 7 heteroatoms. The molecule has 0 fully saturated rings. The van der Waals surface area contributed by atoms with Crippen LogP contribution in [0.1, 0.15) is 20.8 Å². The minimum atomic E-state index is -1.19. The van der Waals surface area contributed by atoms with Crippen molar-refractivity contribution in [1.82, 2.24) is 0 Å². The molecule has 0 saturated carbocycles. The summed E-state index contributed by atoms with van der Waals surface area (Å²) >= 11 is 0. The average molecular weight is 358 g/mol. The lowest BCUT2D eigenvalue weighted by atomic mass is 10.1. The molecule has 2 amide bonds. The van der Waals surface area contributed by atoms with Gasteiger partial charge in [-0.3, -0.25) is 9.59 Å². The first-order chi connectivity index (χ1) is 12.2. The summed E-state index contributed by atoms with van der Waals surface area (Å²) < 4.78 is 24.1. The van der Waals surface area contributed by atoms with Gasteiger partial charge in [-0.15, -0.1) is 0 Å². The lowest BCUT2D eigenvalue weighted by Crippen LogP contribution is -2.42. The molecule has 2 aromatic rings.